The van der Waals surface area contributed by atoms with Gasteiger partial charge in [0.05, 0.1) is 42.7 Å². The van der Waals surface area contributed by atoms with Gasteiger partial charge in [-0.25, -0.2) is 9.67 Å². The Balaban J connectivity index is 1.72. The molecule has 9 heteroatoms. The monoisotopic (exact) mass is 457 g/mol. The summed E-state index contributed by atoms with van der Waals surface area (Å²) in [6, 6.07) is 18.9. The Kier molecular flexibility index (Phi) is 6.59. The van der Waals surface area contributed by atoms with Crippen LogP contribution in [0.2, 0.25) is 0 Å². The maximum atomic E-state index is 15.1. The van der Waals surface area contributed by atoms with E-state index in [9.17, 15) is 9.59 Å². The Morgan fingerprint density at radius 2 is 1.85 bits per heavy atom. The van der Waals surface area contributed by atoms with Gasteiger partial charge in [-0.05, 0) is 35.9 Å². The maximum absolute atomic E-state index is 15.1. The van der Waals surface area contributed by atoms with Gasteiger partial charge in [-0.15, -0.1) is 0 Å². The number of hydrogen-bond donors (Lipinski definition) is 1. The van der Waals surface area contributed by atoms with E-state index in [-0.39, 0.29) is 48.1 Å². The fourth-order valence-electron chi connectivity index (χ4n) is 3.50. The van der Waals surface area contributed by atoms with Crippen molar-refractivity contribution in [3.05, 3.63) is 88.1 Å². The van der Waals surface area contributed by atoms with Crippen molar-refractivity contribution >= 4 is 22.6 Å². The Morgan fingerprint density at radius 1 is 1.12 bits per heavy atom. The smallest absolute Gasteiger partial charge is 0.307 e. The summed E-state index contributed by atoms with van der Waals surface area (Å²) in [5.74, 6) is -0.880. The number of carbonyl (C=O) groups excluding carboxylic acids is 1. The van der Waals surface area contributed by atoms with Gasteiger partial charge in [0.15, 0.2) is 0 Å². The number of methoxy groups -OCH3 is 1. The number of pyridine rings is 1. The Bertz CT molecular complexity index is 1460. The number of nitrogens with zero attached hydrogens (tertiary/aromatic N) is 4. The molecule has 0 atom stereocenters. The summed E-state index contributed by atoms with van der Waals surface area (Å²) in [5, 5.41) is 17.3. The van der Waals surface area contributed by atoms with Crippen LogP contribution < -0.4 is 10.9 Å². The number of nitriles is 1. The molecule has 0 aliphatic carbocycles. The van der Waals surface area contributed by atoms with Crippen LogP contribution in [0.5, 0.6) is 0 Å². The second kappa shape index (κ2) is 9.92. The molecule has 2 aromatic carbocycles. The minimum Gasteiger partial charge on any atom is -0.469 e. The molecule has 0 amide bonds. The lowest BCUT2D eigenvalue weighted by Crippen LogP contribution is -2.24. The number of benzene rings is 2. The van der Waals surface area contributed by atoms with Gasteiger partial charge in [0.25, 0.3) is 5.56 Å². The summed E-state index contributed by atoms with van der Waals surface area (Å²) in [5.41, 5.74) is 1.41. The van der Waals surface area contributed by atoms with E-state index in [0.717, 1.165) is 5.56 Å². The molecule has 0 spiro atoms. The second-order valence-corrected chi connectivity index (χ2v) is 7.45. The fourth-order valence-corrected chi connectivity index (χ4v) is 3.50. The number of esters is 1. The highest BCUT2D eigenvalue weighted by molar-refractivity contribution is 5.93. The minimum absolute atomic E-state index is 0.119. The first-order chi connectivity index (χ1) is 16.5. The molecule has 0 unspecified atom stereocenters. The summed E-state index contributed by atoms with van der Waals surface area (Å²) in [7, 11) is 1.30. The SMILES string of the molecule is COC(=O)CCNc1ccc(-c2nn(Cc3ccc(C#N)cc3)c(=O)c3ccccc23)c(F)n1. The summed E-state index contributed by atoms with van der Waals surface area (Å²) in [4.78, 5) is 28.3. The van der Waals surface area contributed by atoms with Gasteiger partial charge >= 0.3 is 5.97 Å². The van der Waals surface area contributed by atoms with Gasteiger partial charge in [-0.2, -0.15) is 14.8 Å². The molecule has 0 bridgehead atoms. The van der Waals surface area contributed by atoms with Gasteiger partial charge in [-0.3, -0.25) is 9.59 Å². The zero-order chi connectivity index (χ0) is 24.1. The molecule has 0 aliphatic heterocycles. The van der Waals surface area contributed by atoms with E-state index in [1.54, 1.807) is 54.6 Å². The minimum atomic E-state index is -0.760. The molecular weight excluding hydrogens is 437 g/mol. The van der Waals surface area contributed by atoms with Crippen LogP contribution in [0.25, 0.3) is 22.0 Å². The first-order valence-electron chi connectivity index (χ1n) is 10.5. The lowest BCUT2D eigenvalue weighted by Gasteiger charge is -2.13. The summed E-state index contributed by atoms with van der Waals surface area (Å²) in [6.45, 7) is 0.402. The third kappa shape index (κ3) is 4.76. The van der Waals surface area contributed by atoms with E-state index in [1.165, 1.54) is 17.9 Å². The largest absolute Gasteiger partial charge is 0.469 e. The van der Waals surface area contributed by atoms with Crippen molar-refractivity contribution in [2.45, 2.75) is 13.0 Å². The lowest BCUT2D eigenvalue weighted by molar-refractivity contribution is -0.140. The van der Waals surface area contributed by atoms with E-state index in [0.29, 0.717) is 16.3 Å². The molecule has 2 aromatic heterocycles. The summed E-state index contributed by atoms with van der Waals surface area (Å²) < 4.78 is 20.9. The molecule has 0 radical (unpaired) electrons. The van der Waals surface area contributed by atoms with Crippen LogP contribution in [0.1, 0.15) is 17.5 Å². The summed E-state index contributed by atoms with van der Waals surface area (Å²) >= 11 is 0. The summed E-state index contributed by atoms with van der Waals surface area (Å²) in [6.07, 6.45) is 0.119. The highest BCUT2D eigenvalue weighted by Crippen LogP contribution is 2.27. The predicted octanol–water partition coefficient (Wildman–Crippen LogP) is 3.49. The third-order valence-corrected chi connectivity index (χ3v) is 5.25. The number of hydrogen-bond acceptors (Lipinski definition) is 7. The van der Waals surface area contributed by atoms with Crippen LogP contribution in [0.15, 0.2) is 65.5 Å². The molecule has 1 N–H and O–H groups in total. The highest BCUT2D eigenvalue weighted by atomic mass is 19.1. The molecule has 0 saturated heterocycles. The topological polar surface area (TPSA) is 110 Å². The van der Waals surface area contributed by atoms with Gasteiger partial charge in [-0.1, -0.05) is 30.3 Å². The predicted molar refractivity (Wildman–Crippen MR) is 125 cm³/mol. The van der Waals surface area contributed by atoms with Crippen molar-refractivity contribution in [2.75, 3.05) is 19.0 Å². The van der Waals surface area contributed by atoms with Crippen LogP contribution in [0, 0.1) is 17.3 Å². The number of fused-ring (bicyclic) bond motifs is 1. The Morgan fingerprint density at radius 3 is 2.53 bits per heavy atom. The maximum Gasteiger partial charge on any atom is 0.307 e. The quantitative estimate of drug-likeness (QED) is 0.334. The molecule has 0 aliphatic rings. The van der Waals surface area contributed by atoms with Crippen LogP contribution in [-0.2, 0) is 16.1 Å². The third-order valence-electron chi connectivity index (χ3n) is 5.25. The number of aromatic nitrogens is 3. The highest BCUT2D eigenvalue weighted by Gasteiger charge is 2.17. The number of anilines is 1. The number of rotatable bonds is 7. The van der Waals surface area contributed by atoms with Gasteiger partial charge in [0.2, 0.25) is 5.95 Å². The number of ether oxygens (including phenoxy) is 1. The average Bonchev–Trinajstić information content (AvgIpc) is 2.86. The molecule has 0 fully saturated rings. The first-order valence-corrected chi connectivity index (χ1v) is 10.5. The second-order valence-electron chi connectivity index (χ2n) is 7.45. The lowest BCUT2D eigenvalue weighted by atomic mass is 10.1. The number of halogens is 1. The van der Waals surface area contributed by atoms with E-state index < -0.39 is 5.95 Å². The number of carbonyl (C=O) groups is 1. The molecule has 34 heavy (non-hydrogen) atoms. The average molecular weight is 457 g/mol. The van der Waals surface area contributed by atoms with Gasteiger partial charge in [0, 0.05) is 11.9 Å². The van der Waals surface area contributed by atoms with E-state index >= 15 is 4.39 Å². The van der Waals surface area contributed by atoms with Crippen molar-refractivity contribution in [1.29, 1.82) is 5.26 Å². The molecular formula is C25H20FN5O3. The zero-order valence-corrected chi connectivity index (χ0v) is 18.3. The van der Waals surface area contributed by atoms with Gasteiger partial charge in [0.1, 0.15) is 11.5 Å². The molecule has 0 saturated carbocycles. The van der Waals surface area contributed by atoms with E-state index in [2.05, 4.69) is 26.2 Å². The van der Waals surface area contributed by atoms with Crippen LogP contribution in [0.4, 0.5) is 10.2 Å². The Hall–Kier alpha value is -4.58. The van der Waals surface area contributed by atoms with Crippen LogP contribution >= 0.6 is 0 Å². The Labute approximate surface area is 194 Å². The van der Waals surface area contributed by atoms with Crippen molar-refractivity contribution in [2.24, 2.45) is 0 Å². The number of nitrogens with one attached hydrogen (secondary N) is 1. The van der Waals surface area contributed by atoms with E-state index in [1.807, 2.05) is 0 Å². The molecule has 4 aromatic rings. The van der Waals surface area contributed by atoms with Crippen molar-refractivity contribution in [3.63, 3.8) is 0 Å². The van der Waals surface area contributed by atoms with Crippen molar-refractivity contribution < 1.29 is 13.9 Å². The standard InChI is InChI=1S/C25H20FN5O3/c1-34-22(32)12-13-28-21-11-10-20(24(26)29-21)23-18-4-2-3-5-19(18)25(33)31(30-23)15-17-8-6-16(14-27)7-9-17/h2-11H,12-13,15H2,1H3,(H,28,29). The normalized spacial score (nSPS) is 10.6. The van der Waals surface area contributed by atoms with Crippen molar-refractivity contribution in [1.82, 2.24) is 14.8 Å². The van der Waals surface area contributed by atoms with Crippen LogP contribution in [0.3, 0.4) is 0 Å². The molecule has 4 rings (SSSR count). The zero-order valence-electron chi connectivity index (χ0n) is 18.3. The van der Waals surface area contributed by atoms with E-state index in [4.69, 9.17) is 5.26 Å². The first kappa shape index (κ1) is 22.6. The molecule has 8 nitrogen and oxygen atoms in total. The van der Waals surface area contributed by atoms with Gasteiger partial charge < -0.3 is 10.1 Å². The molecule has 170 valence electrons. The van der Waals surface area contributed by atoms with Crippen LogP contribution in [-0.4, -0.2) is 34.4 Å². The van der Waals surface area contributed by atoms with Crippen molar-refractivity contribution in [3.8, 4) is 17.3 Å². The molecule has 2 heterocycles. The fraction of sp³-hybridized carbons (Fsp3) is 0.160.